The molecule has 21 heavy (non-hydrogen) atoms. The van der Waals surface area contributed by atoms with Gasteiger partial charge in [0, 0.05) is 6.54 Å². The maximum Gasteiger partial charge on any atom is 0.169 e. The number of hydrogen-bond acceptors (Lipinski definition) is 5. The van der Waals surface area contributed by atoms with E-state index in [1.54, 1.807) is 0 Å². The van der Waals surface area contributed by atoms with Gasteiger partial charge in [0.1, 0.15) is 0 Å². The molecular formula is C16H22N4O. The number of para-hydroxylation sites is 2. The number of anilines is 2. The zero-order valence-corrected chi connectivity index (χ0v) is 12.2. The molecule has 1 aliphatic rings. The summed E-state index contributed by atoms with van der Waals surface area (Å²) in [6.07, 6.45) is 6.75. The maximum absolute atomic E-state index is 5.93. The van der Waals surface area contributed by atoms with E-state index in [1.165, 1.54) is 32.1 Å². The minimum absolute atomic E-state index is 0.431. The number of nitrogens with two attached hydrogens (primary N) is 1. The molecule has 0 saturated heterocycles. The van der Waals surface area contributed by atoms with Gasteiger partial charge in [-0.3, -0.25) is 0 Å². The van der Waals surface area contributed by atoms with E-state index in [0.717, 1.165) is 11.0 Å². The molecule has 2 aromatic rings. The van der Waals surface area contributed by atoms with E-state index in [4.69, 9.17) is 10.5 Å². The van der Waals surface area contributed by atoms with Crippen LogP contribution in [0.2, 0.25) is 0 Å². The molecular weight excluding hydrogens is 264 g/mol. The fourth-order valence-corrected chi connectivity index (χ4v) is 2.77. The molecule has 0 spiro atoms. The first-order valence-electron chi connectivity index (χ1n) is 7.70. The number of benzene rings is 1. The van der Waals surface area contributed by atoms with Gasteiger partial charge in [0.25, 0.3) is 0 Å². The number of ether oxygens (including phenoxy) is 1. The number of hydrogen-bond donors (Lipinski definition) is 2. The van der Waals surface area contributed by atoms with Crippen LogP contribution in [0.1, 0.15) is 32.1 Å². The largest absolute Gasteiger partial charge is 0.381 e. The predicted molar refractivity (Wildman–Crippen MR) is 85.3 cm³/mol. The molecule has 1 aromatic carbocycles. The summed E-state index contributed by atoms with van der Waals surface area (Å²) in [6.45, 7) is 1.38. The Balaban J connectivity index is 1.53. The van der Waals surface area contributed by atoms with Crippen LogP contribution in [-0.4, -0.2) is 29.2 Å². The molecule has 1 aliphatic carbocycles. The van der Waals surface area contributed by atoms with Crippen LogP contribution in [0, 0.1) is 0 Å². The van der Waals surface area contributed by atoms with E-state index in [-0.39, 0.29) is 0 Å². The van der Waals surface area contributed by atoms with E-state index >= 15 is 0 Å². The highest BCUT2D eigenvalue weighted by atomic mass is 16.5. The van der Waals surface area contributed by atoms with Crippen LogP contribution in [0.3, 0.4) is 0 Å². The van der Waals surface area contributed by atoms with Crippen molar-refractivity contribution in [1.82, 2.24) is 9.97 Å². The Labute approximate surface area is 124 Å². The van der Waals surface area contributed by atoms with Crippen molar-refractivity contribution in [1.29, 1.82) is 0 Å². The summed E-state index contributed by atoms with van der Waals surface area (Å²) in [5.74, 6) is 1.08. The zero-order valence-electron chi connectivity index (χ0n) is 12.2. The average molecular weight is 286 g/mol. The van der Waals surface area contributed by atoms with Crippen molar-refractivity contribution < 1.29 is 4.74 Å². The molecule has 1 fully saturated rings. The van der Waals surface area contributed by atoms with Crippen LogP contribution in [0.25, 0.3) is 11.0 Å². The van der Waals surface area contributed by atoms with Gasteiger partial charge in [0.15, 0.2) is 11.6 Å². The smallest absolute Gasteiger partial charge is 0.169 e. The highest BCUT2D eigenvalue weighted by Crippen LogP contribution is 2.20. The Morgan fingerprint density at radius 2 is 1.81 bits per heavy atom. The standard InChI is InChI=1S/C16H22N4O/c17-15-16(20-14-9-5-4-8-13(14)19-15)18-10-11-21-12-6-2-1-3-7-12/h4-5,8-9,12H,1-3,6-7,10-11H2,(H2,17,19)(H,18,20). The topological polar surface area (TPSA) is 73.1 Å². The van der Waals surface area contributed by atoms with Crippen LogP contribution in [0.5, 0.6) is 0 Å². The average Bonchev–Trinajstić information content (AvgIpc) is 2.53. The minimum atomic E-state index is 0.431. The molecule has 5 heteroatoms. The number of nitrogens with one attached hydrogen (secondary N) is 1. The van der Waals surface area contributed by atoms with E-state index in [2.05, 4.69) is 15.3 Å². The third-order valence-corrected chi connectivity index (χ3v) is 3.90. The lowest BCUT2D eigenvalue weighted by atomic mass is 9.98. The normalized spacial score (nSPS) is 16.2. The number of aromatic nitrogens is 2. The summed E-state index contributed by atoms with van der Waals surface area (Å²) in [7, 11) is 0. The highest BCUT2D eigenvalue weighted by molar-refractivity contribution is 5.79. The van der Waals surface area contributed by atoms with Crippen molar-refractivity contribution in [3.8, 4) is 0 Å². The van der Waals surface area contributed by atoms with Gasteiger partial charge >= 0.3 is 0 Å². The van der Waals surface area contributed by atoms with Crippen LogP contribution in [0.4, 0.5) is 11.6 Å². The number of nitrogen functional groups attached to an aromatic ring is 1. The Kier molecular flexibility index (Phi) is 4.50. The zero-order chi connectivity index (χ0) is 14.5. The first-order valence-corrected chi connectivity index (χ1v) is 7.70. The van der Waals surface area contributed by atoms with Gasteiger partial charge < -0.3 is 15.8 Å². The van der Waals surface area contributed by atoms with Crippen molar-refractivity contribution in [3.05, 3.63) is 24.3 Å². The Morgan fingerprint density at radius 3 is 2.57 bits per heavy atom. The van der Waals surface area contributed by atoms with Crippen molar-refractivity contribution in [3.63, 3.8) is 0 Å². The Bertz CT molecular complexity index is 596. The van der Waals surface area contributed by atoms with Gasteiger partial charge in [0.05, 0.1) is 23.7 Å². The Morgan fingerprint density at radius 1 is 1.10 bits per heavy atom. The van der Waals surface area contributed by atoms with Gasteiger partial charge in [-0.15, -0.1) is 0 Å². The molecule has 0 aliphatic heterocycles. The van der Waals surface area contributed by atoms with Gasteiger partial charge in [-0.2, -0.15) is 0 Å². The lowest BCUT2D eigenvalue weighted by Gasteiger charge is -2.22. The lowest BCUT2D eigenvalue weighted by molar-refractivity contribution is 0.0347. The lowest BCUT2D eigenvalue weighted by Crippen LogP contribution is -2.21. The molecule has 0 atom stereocenters. The molecule has 1 saturated carbocycles. The minimum Gasteiger partial charge on any atom is -0.381 e. The number of rotatable bonds is 5. The highest BCUT2D eigenvalue weighted by Gasteiger charge is 2.13. The molecule has 0 bridgehead atoms. The fraction of sp³-hybridized carbons (Fsp3) is 0.500. The van der Waals surface area contributed by atoms with E-state index < -0.39 is 0 Å². The summed E-state index contributed by atoms with van der Waals surface area (Å²) in [4.78, 5) is 8.86. The molecule has 1 heterocycles. The van der Waals surface area contributed by atoms with Gasteiger partial charge in [-0.05, 0) is 25.0 Å². The van der Waals surface area contributed by atoms with E-state index in [9.17, 15) is 0 Å². The molecule has 112 valence electrons. The number of nitrogens with zero attached hydrogens (tertiary/aromatic N) is 2. The molecule has 0 radical (unpaired) electrons. The summed E-state index contributed by atoms with van der Waals surface area (Å²) in [5, 5.41) is 3.22. The van der Waals surface area contributed by atoms with E-state index in [0.29, 0.717) is 30.9 Å². The van der Waals surface area contributed by atoms with Crippen molar-refractivity contribution in [2.45, 2.75) is 38.2 Å². The number of fused-ring (bicyclic) bond motifs is 1. The molecule has 3 rings (SSSR count). The molecule has 0 unspecified atom stereocenters. The van der Waals surface area contributed by atoms with Crippen LogP contribution in [0.15, 0.2) is 24.3 Å². The summed E-state index contributed by atoms with van der Waals surface area (Å²) >= 11 is 0. The second kappa shape index (κ2) is 6.72. The van der Waals surface area contributed by atoms with Crippen LogP contribution >= 0.6 is 0 Å². The SMILES string of the molecule is Nc1nc2ccccc2nc1NCCOC1CCCCC1. The van der Waals surface area contributed by atoms with Crippen LogP contribution < -0.4 is 11.1 Å². The summed E-state index contributed by atoms with van der Waals surface area (Å²) in [5.41, 5.74) is 7.60. The van der Waals surface area contributed by atoms with Crippen LogP contribution in [-0.2, 0) is 4.74 Å². The third-order valence-electron chi connectivity index (χ3n) is 3.90. The molecule has 0 amide bonds. The Hall–Kier alpha value is -1.88. The molecule has 3 N–H and O–H groups in total. The van der Waals surface area contributed by atoms with Crippen molar-refractivity contribution in [2.24, 2.45) is 0 Å². The first kappa shape index (κ1) is 14.1. The summed E-state index contributed by atoms with van der Waals surface area (Å²) < 4.78 is 5.88. The predicted octanol–water partition coefficient (Wildman–Crippen LogP) is 2.97. The summed E-state index contributed by atoms with van der Waals surface area (Å²) in [6, 6.07) is 7.73. The third kappa shape index (κ3) is 3.61. The van der Waals surface area contributed by atoms with Crippen molar-refractivity contribution in [2.75, 3.05) is 24.2 Å². The second-order valence-corrected chi connectivity index (χ2v) is 5.50. The fourth-order valence-electron chi connectivity index (χ4n) is 2.77. The van der Waals surface area contributed by atoms with Gasteiger partial charge in [-0.1, -0.05) is 31.4 Å². The van der Waals surface area contributed by atoms with Gasteiger partial charge in [-0.25, -0.2) is 9.97 Å². The first-order chi connectivity index (χ1) is 10.3. The molecule has 1 aromatic heterocycles. The monoisotopic (exact) mass is 286 g/mol. The quantitative estimate of drug-likeness (QED) is 0.827. The van der Waals surface area contributed by atoms with Gasteiger partial charge in [0.2, 0.25) is 0 Å². The van der Waals surface area contributed by atoms with E-state index in [1.807, 2.05) is 24.3 Å². The maximum atomic E-state index is 5.93. The van der Waals surface area contributed by atoms with Crippen molar-refractivity contribution >= 4 is 22.7 Å². The second-order valence-electron chi connectivity index (χ2n) is 5.50. The molecule has 5 nitrogen and oxygen atoms in total.